The number of carbonyl (C=O) groups is 1. The quantitative estimate of drug-likeness (QED) is 0.842. The molecule has 0 radical (unpaired) electrons. The van der Waals surface area contributed by atoms with Gasteiger partial charge in [0, 0.05) is 31.9 Å². The van der Waals surface area contributed by atoms with Gasteiger partial charge in [-0.05, 0) is 31.9 Å². The molecular weight excluding hydrogens is 228 g/mol. The number of amides is 1. The molecule has 0 saturated carbocycles. The fourth-order valence-electron chi connectivity index (χ4n) is 2.34. The van der Waals surface area contributed by atoms with Crippen LogP contribution in [0.15, 0.2) is 18.5 Å². The van der Waals surface area contributed by atoms with Gasteiger partial charge in [-0.15, -0.1) is 0 Å². The summed E-state index contributed by atoms with van der Waals surface area (Å²) in [5.41, 5.74) is 0. The molecular formula is C13H20N4O. The average Bonchev–Trinajstić information content (AvgIpc) is 2.41. The Labute approximate surface area is 108 Å². The highest BCUT2D eigenvalue weighted by Gasteiger charge is 2.22. The largest absolute Gasteiger partial charge is 0.342 e. The monoisotopic (exact) mass is 248 g/mol. The van der Waals surface area contributed by atoms with Crippen LogP contribution in [0.25, 0.3) is 0 Å². The van der Waals surface area contributed by atoms with Crippen LogP contribution in [-0.4, -0.2) is 47.5 Å². The molecule has 0 aromatic carbocycles. The van der Waals surface area contributed by atoms with E-state index in [4.69, 9.17) is 0 Å². The summed E-state index contributed by atoms with van der Waals surface area (Å²) in [6, 6.07) is 1.84. The summed E-state index contributed by atoms with van der Waals surface area (Å²) < 4.78 is 0. The smallest absolute Gasteiger partial charge is 0.236 e. The molecule has 0 unspecified atom stereocenters. The molecule has 1 aliphatic rings. The van der Waals surface area contributed by atoms with Gasteiger partial charge in [0.15, 0.2) is 0 Å². The van der Waals surface area contributed by atoms with Crippen molar-refractivity contribution >= 4 is 5.91 Å². The lowest BCUT2D eigenvalue weighted by atomic mass is 9.93. The van der Waals surface area contributed by atoms with Gasteiger partial charge in [-0.3, -0.25) is 4.79 Å². The van der Waals surface area contributed by atoms with Crippen LogP contribution in [0.1, 0.15) is 18.7 Å². The number of rotatable bonds is 4. The Bertz CT molecular complexity index is 374. The zero-order chi connectivity index (χ0) is 12.8. The van der Waals surface area contributed by atoms with E-state index >= 15 is 0 Å². The van der Waals surface area contributed by atoms with Crippen molar-refractivity contribution in [3.05, 3.63) is 24.3 Å². The summed E-state index contributed by atoms with van der Waals surface area (Å²) in [5.74, 6) is 1.72. The van der Waals surface area contributed by atoms with Gasteiger partial charge in [-0.25, -0.2) is 9.97 Å². The molecule has 5 nitrogen and oxygen atoms in total. The molecule has 1 saturated heterocycles. The number of likely N-dealkylation sites (N-methyl/N-ethyl adjacent to an activating group) is 1. The normalized spacial score (nSPS) is 16.8. The Morgan fingerprint density at radius 2 is 2.06 bits per heavy atom. The van der Waals surface area contributed by atoms with E-state index in [9.17, 15) is 4.79 Å². The Morgan fingerprint density at radius 1 is 1.39 bits per heavy atom. The molecule has 0 aliphatic carbocycles. The van der Waals surface area contributed by atoms with E-state index in [2.05, 4.69) is 15.3 Å². The van der Waals surface area contributed by atoms with Crippen LogP contribution in [0, 0.1) is 5.92 Å². The number of aromatic nitrogens is 2. The summed E-state index contributed by atoms with van der Waals surface area (Å²) in [6.07, 6.45) is 6.60. The number of nitrogens with one attached hydrogen (secondary N) is 1. The molecule has 2 heterocycles. The summed E-state index contributed by atoms with van der Waals surface area (Å²) in [6.45, 7) is 2.16. The minimum absolute atomic E-state index is 0.201. The van der Waals surface area contributed by atoms with Crippen LogP contribution >= 0.6 is 0 Å². The predicted octanol–water partition coefficient (Wildman–Crippen LogP) is 0.477. The Morgan fingerprint density at radius 3 is 2.67 bits per heavy atom. The molecule has 1 N–H and O–H groups in total. The minimum Gasteiger partial charge on any atom is -0.342 e. The van der Waals surface area contributed by atoms with Gasteiger partial charge in [-0.2, -0.15) is 0 Å². The molecule has 18 heavy (non-hydrogen) atoms. The van der Waals surface area contributed by atoms with Gasteiger partial charge in [0.25, 0.3) is 0 Å². The maximum Gasteiger partial charge on any atom is 0.236 e. The average molecular weight is 248 g/mol. The summed E-state index contributed by atoms with van der Waals surface area (Å²) in [7, 11) is 1.80. The van der Waals surface area contributed by atoms with E-state index in [0.29, 0.717) is 12.5 Å². The summed E-state index contributed by atoms with van der Waals surface area (Å²) >= 11 is 0. The zero-order valence-corrected chi connectivity index (χ0v) is 10.8. The number of nitrogens with zero attached hydrogens (tertiary/aromatic N) is 3. The van der Waals surface area contributed by atoms with Gasteiger partial charge >= 0.3 is 0 Å². The van der Waals surface area contributed by atoms with Crippen molar-refractivity contribution in [3.63, 3.8) is 0 Å². The maximum atomic E-state index is 11.7. The number of likely N-dealkylation sites (tertiary alicyclic amines) is 1. The van der Waals surface area contributed by atoms with Crippen molar-refractivity contribution in [2.45, 2.75) is 19.3 Å². The number of hydrogen-bond acceptors (Lipinski definition) is 4. The van der Waals surface area contributed by atoms with E-state index in [1.165, 1.54) is 0 Å². The van der Waals surface area contributed by atoms with Gasteiger partial charge < -0.3 is 10.2 Å². The lowest BCUT2D eigenvalue weighted by molar-refractivity contribution is -0.131. The van der Waals surface area contributed by atoms with Crippen LogP contribution in [0.5, 0.6) is 0 Å². The van der Waals surface area contributed by atoms with E-state index in [0.717, 1.165) is 38.2 Å². The fraction of sp³-hybridized carbons (Fsp3) is 0.615. The number of carbonyl (C=O) groups excluding carboxylic acids is 1. The van der Waals surface area contributed by atoms with Gasteiger partial charge in [0.2, 0.25) is 5.91 Å². The van der Waals surface area contributed by atoms with Crippen molar-refractivity contribution in [3.8, 4) is 0 Å². The van der Waals surface area contributed by atoms with Crippen LogP contribution in [0.2, 0.25) is 0 Å². The highest BCUT2D eigenvalue weighted by Crippen LogP contribution is 2.20. The molecule has 1 fully saturated rings. The molecule has 1 aliphatic heterocycles. The molecule has 1 aromatic rings. The molecule has 2 rings (SSSR count). The van der Waals surface area contributed by atoms with Crippen molar-refractivity contribution in [2.24, 2.45) is 5.92 Å². The summed E-state index contributed by atoms with van der Waals surface area (Å²) in [4.78, 5) is 22.2. The first-order valence-corrected chi connectivity index (χ1v) is 6.48. The topological polar surface area (TPSA) is 58.1 Å². The number of piperidine rings is 1. The molecule has 5 heteroatoms. The lowest BCUT2D eigenvalue weighted by Gasteiger charge is -2.31. The predicted molar refractivity (Wildman–Crippen MR) is 69.0 cm³/mol. The van der Waals surface area contributed by atoms with Crippen molar-refractivity contribution < 1.29 is 4.79 Å². The van der Waals surface area contributed by atoms with Gasteiger partial charge in [0.05, 0.1) is 6.54 Å². The van der Waals surface area contributed by atoms with Crippen molar-refractivity contribution in [2.75, 3.05) is 26.7 Å². The molecule has 0 spiro atoms. The Balaban J connectivity index is 1.78. The van der Waals surface area contributed by atoms with Gasteiger partial charge in [0.1, 0.15) is 5.82 Å². The Hall–Kier alpha value is -1.49. The van der Waals surface area contributed by atoms with Crippen molar-refractivity contribution in [1.29, 1.82) is 0 Å². The first kappa shape index (κ1) is 13.0. The van der Waals surface area contributed by atoms with E-state index in [1.54, 1.807) is 19.4 Å². The van der Waals surface area contributed by atoms with E-state index in [1.807, 2.05) is 11.0 Å². The highest BCUT2D eigenvalue weighted by molar-refractivity contribution is 5.78. The third-order valence-corrected chi connectivity index (χ3v) is 3.39. The second-order valence-electron chi connectivity index (χ2n) is 4.72. The van der Waals surface area contributed by atoms with Crippen LogP contribution in [-0.2, 0) is 11.2 Å². The SMILES string of the molecule is CNCC(=O)N1CCC(Cc2ncccn2)CC1. The van der Waals surface area contributed by atoms with Crippen LogP contribution in [0.3, 0.4) is 0 Å². The molecule has 98 valence electrons. The first-order valence-electron chi connectivity index (χ1n) is 6.48. The van der Waals surface area contributed by atoms with Crippen LogP contribution < -0.4 is 5.32 Å². The molecule has 1 amide bonds. The lowest BCUT2D eigenvalue weighted by Crippen LogP contribution is -2.42. The fourth-order valence-corrected chi connectivity index (χ4v) is 2.34. The van der Waals surface area contributed by atoms with Crippen molar-refractivity contribution in [1.82, 2.24) is 20.2 Å². The highest BCUT2D eigenvalue weighted by atomic mass is 16.2. The first-order chi connectivity index (χ1) is 8.79. The van der Waals surface area contributed by atoms with Crippen LogP contribution in [0.4, 0.5) is 0 Å². The Kier molecular flexibility index (Phi) is 4.64. The summed E-state index contributed by atoms with van der Waals surface area (Å²) in [5, 5.41) is 2.90. The number of hydrogen-bond donors (Lipinski definition) is 1. The van der Waals surface area contributed by atoms with Gasteiger partial charge in [-0.1, -0.05) is 0 Å². The standard InChI is InChI=1S/C13H20N4O/c1-14-10-13(18)17-7-3-11(4-8-17)9-12-15-5-2-6-16-12/h2,5-6,11,14H,3-4,7-10H2,1H3. The third-order valence-electron chi connectivity index (χ3n) is 3.39. The second kappa shape index (κ2) is 6.44. The molecule has 0 bridgehead atoms. The third kappa shape index (κ3) is 3.50. The van der Waals surface area contributed by atoms with E-state index in [-0.39, 0.29) is 5.91 Å². The molecule has 0 atom stereocenters. The minimum atomic E-state index is 0.201. The maximum absolute atomic E-state index is 11.7. The zero-order valence-electron chi connectivity index (χ0n) is 10.8. The molecule has 1 aromatic heterocycles. The van der Waals surface area contributed by atoms with E-state index < -0.39 is 0 Å². The second-order valence-corrected chi connectivity index (χ2v) is 4.72.